The molecule has 0 fully saturated rings. The van der Waals surface area contributed by atoms with E-state index in [2.05, 4.69) is 32.8 Å². The molecule has 20 heavy (non-hydrogen) atoms. The molecule has 0 aliphatic heterocycles. The van der Waals surface area contributed by atoms with Crippen molar-refractivity contribution in [2.75, 3.05) is 0 Å². The third kappa shape index (κ3) is 3.84. The van der Waals surface area contributed by atoms with E-state index in [0.717, 1.165) is 19.4 Å². The van der Waals surface area contributed by atoms with Crippen LogP contribution in [0.2, 0.25) is 0 Å². The zero-order valence-corrected chi connectivity index (χ0v) is 11.3. The number of hydrogen-bond donors (Lipinski definition) is 1. The van der Waals surface area contributed by atoms with Crippen LogP contribution in [0.15, 0.2) is 6.20 Å². The standard InChI is InChI=1S/C11H17N7O2/c1-2-3-6-18-10(13-14-16-18)8-17-7-9(12-15-17)4-5-11(19)20/h7H,2-6,8H2,1H3,(H,19,20). The molecule has 2 aromatic heterocycles. The number of rotatable bonds is 8. The fourth-order valence-electron chi connectivity index (χ4n) is 1.73. The van der Waals surface area contributed by atoms with Gasteiger partial charge in [-0.1, -0.05) is 18.6 Å². The Hall–Kier alpha value is -2.32. The van der Waals surface area contributed by atoms with Crippen molar-refractivity contribution in [3.63, 3.8) is 0 Å². The third-order valence-electron chi connectivity index (χ3n) is 2.81. The van der Waals surface area contributed by atoms with Crippen LogP contribution in [0.3, 0.4) is 0 Å². The molecule has 0 unspecified atom stereocenters. The van der Waals surface area contributed by atoms with Crippen molar-refractivity contribution in [3.8, 4) is 0 Å². The van der Waals surface area contributed by atoms with Gasteiger partial charge in [0.25, 0.3) is 0 Å². The van der Waals surface area contributed by atoms with Gasteiger partial charge in [-0.15, -0.1) is 10.2 Å². The molecule has 2 heterocycles. The van der Waals surface area contributed by atoms with E-state index in [-0.39, 0.29) is 6.42 Å². The first-order valence-corrected chi connectivity index (χ1v) is 6.55. The Bertz CT molecular complexity index is 563. The number of carbonyl (C=O) groups is 1. The van der Waals surface area contributed by atoms with E-state index in [4.69, 9.17) is 5.11 Å². The molecule has 0 bridgehead atoms. The third-order valence-corrected chi connectivity index (χ3v) is 2.81. The summed E-state index contributed by atoms with van der Waals surface area (Å²) in [4.78, 5) is 10.5. The molecule has 9 heteroatoms. The van der Waals surface area contributed by atoms with Crippen molar-refractivity contribution in [1.29, 1.82) is 0 Å². The van der Waals surface area contributed by atoms with Gasteiger partial charge in [0.1, 0.15) is 6.54 Å². The van der Waals surface area contributed by atoms with Gasteiger partial charge in [-0.25, -0.2) is 9.36 Å². The maximum absolute atomic E-state index is 10.5. The minimum absolute atomic E-state index is 0.0485. The minimum Gasteiger partial charge on any atom is -0.481 e. The van der Waals surface area contributed by atoms with Crippen LogP contribution in [0.1, 0.15) is 37.7 Å². The smallest absolute Gasteiger partial charge is 0.303 e. The van der Waals surface area contributed by atoms with Crippen molar-refractivity contribution >= 4 is 5.97 Å². The van der Waals surface area contributed by atoms with Gasteiger partial charge in [0, 0.05) is 19.2 Å². The Morgan fingerprint density at radius 1 is 1.35 bits per heavy atom. The second-order valence-corrected chi connectivity index (χ2v) is 4.47. The molecular weight excluding hydrogens is 262 g/mol. The molecule has 0 aromatic carbocycles. The number of carboxylic acids is 1. The first-order valence-electron chi connectivity index (χ1n) is 6.55. The van der Waals surface area contributed by atoms with Gasteiger partial charge in [-0.2, -0.15) is 0 Å². The second-order valence-electron chi connectivity index (χ2n) is 4.47. The van der Waals surface area contributed by atoms with Crippen LogP contribution >= 0.6 is 0 Å². The summed E-state index contributed by atoms with van der Waals surface area (Å²) in [5, 5.41) is 28.1. The lowest BCUT2D eigenvalue weighted by Gasteiger charge is -2.02. The quantitative estimate of drug-likeness (QED) is 0.730. The summed E-state index contributed by atoms with van der Waals surface area (Å²) >= 11 is 0. The monoisotopic (exact) mass is 279 g/mol. The summed E-state index contributed by atoms with van der Waals surface area (Å²) in [6.45, 7) is 3.31. The predicted molar refractivity (Wildman–Crippen MR) is 67.8 cm³/mol. The maximum atomic E-state index is 10.5. The van der Waals surface area contributed by atoms with Gasteiger partial charge >= 0.3 is 5.97 Å². The largest absolute Gasteiger partial charge is 0.481 e. The van der Waals surface area contributed by atoms with Gasteiger partial charge in [-0.05, 0) is 16.8 Å². The average molecular weight is 279 g/mol. The number of aromatic nitrogens is 7. The van der Waals surface area contributed by atoms with Crippen molar-refractivity contribution in [2.45, 2.75) is 45.7 Å². The fourth-order valence-corrected chi connectivity index (χ4v) is 1.73. The fraction of sp³-hybridized carbons (Fsp3) is 0.636. The first kappa shape index (κ1) is 14.1. The molecule has 0 radical (unpaired) electrons. The van der Waals surface area contributed by atoms with E-state index in [0.29, 0.717) is 24.5 Å². The van der Waals surface area contributed by atoms with E-state index >= 15 is 0 Å². The summed E-state index contributed by atoms with van der Waals surface area (Å²) < 4.78 is 3.37. The van der Waals surface area contributed by atoms with E-state index in [9.17, 15) is 4.79 Å². The van der Waals surface area contributed by atoms with Crippen LogP contribution in [0.5, 0.6) is 0 Å². The number of tetrazole rings is 1. The highest BCUT2D eigenvalue weighted by atomic mass is 16.4. The van der Waals surface area contributed by atoms with Crippen LogP contribution in [0.25, 0.3) is 0 Å². The highest BCUT2D eigenvalue weighted by Gasteiger charge is 2.09. The highest BCUT2D eigenvalue weighted by Crippen LogP contribution is 2.02. The number of unbranched alkanes of at least 4 members (excludes halogenated alkanes) is 1. The minimum atomic E-state index is -0.844. The molecule has 2 aromatic rings. The molecule has 0 amide bonds. The molecule has 0 saturated carbocycles. The topological polar surface area (TPSA) is 112 Å². The van der Waals surface area contributed by atoms with E-state index in [1.165, 1.54) is 0 Å². The number of nitrogens with zero attached hydrogens (tertiary/aromatic N) is 7. The predicted octanol–water partition coefficient (Wildman–Crippen LogP) is 0.130. The van der Waals surface area contributed by atoms with E-state index in [1.807, 2.05) is 0 Å². The summed E-state index contributed by atoms with van der Waals surface area (Å²) in [5.41, 5.74) is 0.653. The number of aliphatic carboxylic acids is 1. The van der Waals surface area contributed by atoms with Crippen molar-refractivity contribution in [3.05, 3.63) is 17.7 Å². The Balaban J connectivity index is 1.96. The number of hydrogen-bond acceptors (Lipinski definition) is 6. The van der Waals surface area contributed by atoms with E-state index < -0.39 is 5.97 Å². The Morgan fingerprint density at radius 2 is 2.20 bits per heavy atom. The normalized spacial score (nSPS) is 10.8. The van der Waals surface area contributed by atoms with Crippen molar-refractivity contribution in [2.24, 2.45) is 0 Å². The lowest BCUT2D eigenvalue weighted by atomic mass is 10.2. The molecule has 0 saturated heterocycles. The molecule has 108 valence electrons. The molecule has 1 N–H and O–H groups in total. The molecule has 0 aliphatic carbocycles. The van der Waals surface area contributed by atoms with Gasteiger partial charge in [0.05, 0.1) is 12.1 Å². The summed E-state index contributed by atoms with van der Waals surface area (Å²) in [5.74, 6) is -0.129. The maximum Gasteiger partial charge on any atom is 0.303 e. The Morgan fingerprint density at radius 3 is 2.95 bits per heavy atom. The zero-order chi connectivity index (χ0) is 14.4. The Kier molecular flexibility index (Phi) is 4.75. The average Bonchev–Trinajstić information content (AvgIpc) is 3.04. The van der Waals surface area contributed by atoms with Crippen molar-refractivity contribution < 1.29 is 9.90 Å². The molecule has 0 aliphatic rings. The molecular formula is C11H17N7O2. The molecule has 0 atom stereocenters. The van der Waals surface area contributed by atoms with Crippen LogP contribution in [0, 0.1) is 0 Å². The SMILES string of the molecule is CCCCn1nnnc1Cn1cc(CCC(=O)O)nn1. The lowest BCUT2D eigenvalue weighted by Crippen LogP contribution is -2.10. The highest BCUT2D eigenvalue weighted by molar-refractivity contribution is 5.66. The molecule has 0 spiro atoms. The van der Waals surface area contributed by atoms with Crippen LogP contribution in [0.4, 0.5) is 0 Å². The summed E-state index contributed by atoms with van der Waals surface area (Å²) in [6, 6.07) is 0. The number of carboxylic acid groups (broad SMARTS) is 1. The van der Waals surface area contributed by atoms with Gasteiger partial charge < -0.3 is 5.11 Å². The lowest BCUT2D eigenvalue weighted by molar-refractivity contribution is -0.136. The van der Waals surface area contributed by atoms with Gasteiger partial charge in [0.2, 0.25) is 0 Å². The Labute approximate surface area is 115 Å². The number of aryl methyl sites for hydroxylation is 2. The van der Waals surface area contributed by atoms with E-state index in [1.54, 1.807) is 15.6 Å². The summed E-state index contributed by atoms with van der Waals surface area (Å²) in [6.07, 6.45) is 4.23. The zero-order valence-electron chi connectivity index (χ0n) is 11.3. The summed E-state index contributed by atoms with van der Waals surface area (Å²) in [7, 11) is 0. The van der Waals surface area contributed by atoms with Crippen LogP contribution in [-0.4, -0.2) is 46.3 Å². The van der Waals surface area contributed by atoms with Gasteiger partial charge in [-0.3, -0.25) is 4.79 Å². The second kappa shape index (κ2) is 6.73. The van der Waals surface area contributed by atoms with Gasteiger partial charge in [0.15, 0.2) is 5.82 Å². The van der Waals surface area contributed by atoms with Crippen LogP contribution in [-0.2, 0) is 24.3 Å². The molecule has 2 rings (SSSR count). The van der Waals surface area contributed by atoms with Crippen molar-refractivity contribution in [1.82, 2.24) is 35.2 Å². The first-order chi connectivity index (χ1) is 9.69. The molecule has 9 nitrogen and oxygen atoms in total. The van der Waals surface area contributed by atoms with Crippen LogP contribution < -0.4 is 0 Å².